The fraction of sp³-hybridized carbons (Fsp3) is 0.375. The van der Waals surface area contributed by atoms with Crippen molar-refractivity contribution in [3.63, 3.8) is 0 Å². The van der Waals surface area contributed by atoms with E-state index in [1.165, 1.54) is 0 Å². The quantitative estimate of drug-likeness (QED) is 0.593. The second-order valence-corrected chi connectivity index (χ2v) is 7.95. The SMILES string of the molecule is CC.O=C(C1CC1)N1CCN(c2nnc(-c3ccc(Cl)cc3)c3ccccc23)CC1. The monoisotopic (exact) mass is 422 g/mol. The number of rotatable bonds is 3. The first-order chi connectivity index (χ1) is 14.7. The summed E-state index contributed by atoms with van der Waals surface area (Å²) >= 11 is 6.03. The molecule has 2 fully saturated rings. The Morgan fingerprint density at radius 2 is 1.53 bits per heavy atom. The van der Waals surface area contributed by atoms with Gasteiger partial charge in [-0.2, -0.15) is 0 Å². The molecule has 2 aromatic carbocycles. The van der Waals surface area contributed by atoms with E-state index in [0.29, 0.717) is 10.9 Å². The third kappa shape index (κ3) is 4.12. The van der Waals surface area contributed by atoms with Crippen molar-refractivity contribution in [1.29, 1.82) is 0 Å². The van der Waals surface area contributed by atoms with Crippen LogP contribution in [0.1, 0.15) is 26.7 Å². The van der Waals surface area contributed by atoms with Crippen molar-refractivity contribution in [2.75, 3.05) is 31.1 Å². The Hall–Kier alpha value is -2.66. The minimum atomic E-state index is 0.283. The summed E-state index contributed by atoms with van der Waals surface area (Å²) in [6.45, 7) is 7.09. The predicted molar refractivity (Wildman–Crippen MR) is 123 cm³/mol. The van der Waals surface area contributed by atoms with Gasteiger partial charge in [-0.05, 0) is 25.0 Å². The lowest BCUT2D eigenvalue weighted by atomic mass is 10.0. The van der Waals surface area contributed by atoms with Crippen molar-refractivity contribution in [2.45, 2.75) is 26.7 Å². The highest BCUT2D eigenvalue weighted by Gasteiger charge is 2.35. The molecule has 1 saturated carbocycles. The number of carbonyl (C=O) groups excluding carboxylic acids is 1. The van der Waals surface area contributed by atoms with E-state index in [2.05, 4.69) is 27.2 Å². The maximum absolute atomic E-state index is 12.3. The molecule has 2 aliphatic rings. The van der Waals surface area contributed by atoms with E-state index in [4.69, 9.17) is 11.6 Å². The molecule has 1 amide bonds. The maximum Gasteiger partial charge on any atom is 0.225 e. The van der Waals surface area contributed by atoms with Gasteiger partial charge in [0.25, 0.3) is 0 Å². The number of halogens is 1. The van der Waals surface area contributed by atoms with Gasteiger partial charge in [-0.1, -0.05) is 61.8 Å². The third-order valence-electron chi connectivity index (χ3n) is 5.60. The smallest absolute Gasteiger partial charge is 0.225 e. The van der Waals surface area contributed by atoms with Crippen LogP contribution >= 0.6 is 11.6 Å². The number of nitrogens with zero attached hydrogens (tertiary/aromatic N) is 4. The van der Waals surface area contributed by atoms with E-state index in [1.807, 2.05) is 55.1 Å². The van der Waals surface area contributed by atoms with E-state index in [-0.39, 0.29) is 5.92 Å². The van der Waals surface area contributed by atoms with Crippen LogP contribution in [-0.2, 0) is 4.79 Å². The van der Waals surface area contributed by atoms with Gasteiger partial charge in [0, 0.05) is 53.5 Å². The molecule has 3 aromatic rings. The number of aromatic nitrogens is 2. The van der Waals surface area contributed by atoms with Crippen LogP contribution in [0.3, 0.4) is 0 Å². The first kappa shape index (κ1) is 20.6. The summed E-state index contributed by atoms with van der Waals surface area (Å²) in [5.74, 6) is 1.51. The number of benzene rings is 2. The fourth-order valence-corrected chi connectivity index (χ4v) is 4.00. The Balaban J connectivity index is 0.00000106. The third-order valence-corrected chi connectivity index (χ3v) is 5.85. The molecule has 2 heterocycles. The van der Waals surface area contributed by atoms with Gasteiger partial charge in [0.05, 0.1) is 0 Å². The van der Waals surface area contributed by atoms with Gasteiger partial charge in [0.15, 0.2) is 5.82 Å². The summed E-state index contributed by atoms with van der Waals surface area (Å²) < 4.78 is 0. The molecule has 30 heavy (non-hydrogen) atoms. The summed E-state index contributed by atoms with van der Waals surface area (Å²) in [6, 6.07) is 15.9. The summed E-state index contributed by atoms with van der Waals surface area (Å²) in [4.78, 5) is 16.6. The number of piperazine rings is 1. The topological polar surface area (TPSA) is 49.3 Å². The van der Waals surface area contributed by atoms with Crippen LogP contribution < -0.4 is 4.90 Å². The minimum absolute atomic E-state index is 0.283. The van der Waals surface area contributed by atoms with Crippen LogP contribution in [0.2, 0.25) is 5.02 Å². The van der Waals surface area contributed by atoms with E-state index >= 15 is 0 Å². The molecule has 1 aliphatic heterocycles. The highest BCUT2D eigenvalue weighted by atomic mass is 35.5. The molecular weight excluding hydrogens is 396 g/mol. The van der Waals surface area contributed by atoms with Gasteiger partial charge < -0.3 is 9.80 Å². The predicted octanol–water partition coefficient (Wildman–Crippen LogP) is 5.04. The number of hydrogen-bond donors (Lipinski definition) is 0. The average molecular weight is 423 g/mol. The summed E-state index contributed by atoms with van der Waals surface area (Å²) in [7, 11) is 0. The van der Waals surface area contributed by atoms with Crippen molar-refractivity contribution in [3.8, 4) is 11.3 Å². The number of hydrogen-bond acceptors (Lipinski definition) is 4. The average Bonchev–Trinajstić information content (AvgIpc) is 3.66. The molecule has 0 spiro atoms. The van der Waals surface area contributed by atoms with Gasteiger partial charge in [0.2, 0.25) is 5.91 Å². The van der Waals surface area contributed by atoms with Crippen molar-refractivity contribution in [1.82, 2.24) is 15.1 Å². The number of anilines is 1. The molecule has 156 valence electrons. The van der Waals surface area contributed by atoms with Crippen molar-refractivity contribution < 1.29 is 4.79 Å². The van der Waals surface area contributed by atoms with E-state index < -0.39 is 0 Å². The Morgan fingerprint density at radius 1 is 0.900 bits per heavy atom. The Labute approximate surface area is 182 Å². The summed E-state index contributed by atoms with van der Waals surface area (Å²) in [5.41, 5.74) is 1.86. The van der Waals surface area contributed by atoms with E-state index in [9.17, 15) is 4.79 Å². The zero-order valence-corrected chi connectivity index (χ0v) is 18.3. The molecule has 0 N–H and O–H groups in total. The van der Waals surface area contributed by atoms with Crippen LogP contribution in [-0.4, -0.2) is 47.2 Å². The fourth-order valence-electron chi connectivity index (χ4n) is 3.87. The highest BCUT2D eigenvalue weighted by molar-refractivity contribution is 6.30. The molecule has 5 rings (SSSR count). The standard InChI is InChI=1S/C22H21ClN4O.C2H6/c23-17-9-7-15(8-10-17)20-18-3-1-2-4-19(18)21(25-24-20)26-11-13-27(14-12-26)22(28)16-5-6-16;1-2/h1-4,7-10,16H,5-6,11-14H2;1-2H3. The van der Waals surface area contributed by atoms with Gasteiger partial charge >= 0.3 is 0 Å². The van der Waals surface area contributed by atoms with E-state index in [1.54, 1.807) is 0 Å². The van der Waals surface area contributed by atoms with Crippen molar-refractivity contribution in [2.24, 2.45) is 5.92 Å². The van der Waals surface area contributed by atoms with Crippen LogP contribution in [0, 0.1) is 5.92 Å². The molecule has 0 bridgehead atoms. The zero-order chi connectivity index (χ0) is 21.1. The van der Waals surface area contributed by atoms with Gasteiger partial charge in [0.1, 0.15) is 5.69 Å². The van der Waals surface area contributed by atoms with Gasteiger partial charge in [-0.3, -0.25) is 4.79 Å². The van der Waals surface area contributed by atoms with Crippen LogP contribution in [0.4, 0.5) is 5.82 Å². The lowest BCUT2D eigenvalue weighted by Crippen LogP contribution is -2.49. The molecule has 0 atom stereocenters. The molecule has 1 saturated heterocycles. The lowest BCUT2D eigenvalue weighted by molar-refractivity contribution is -0.132. The molecule has 0 radical (unpaired) electrons. The second-order valence-electron chi connectivity index (χ2n) is 7.51. The number of amides is 1. The normalized spacial score (nSPS) is 16.2. The minimum Gasteiger partial charge on any atom is -0.351 e. The summed E-state index contributed by atoms with van der Waals surface area (Å²) in [6.07, 6.45) is 2.11. The van der Waals surface area contributed by atoms with Gasteiger partial charge in [-0.15, -0.1) is 10.2 Å². The van der Waals surface area contributed by atoms with Crippen LogP contribution in [0.15, 0.2) is 48.5 Å². The molecule has 1 aliphatic carbocycles. The largest absolute Gasteiger partial charge is 0.351 e. The molecule has 1 aromatic heterocycles. The molecular formula is C24H27ClN4O. The van der Waals surface area contributed by atoms with Crippen LogP contribution in [0.25, 0.3) is 22.0 Å². The van der Waals surface area contributed by atoms with Crippen molar-refractivity contribution in [3.05, 3.63) is 53.6 Å². The summed E-state index contributed by atoms with van der Waals surface area (Å²) in [5, 5.41) is 12.0. The Kier molecular flexibility index (Phi) is 6.18. The van der Waals surface area contributed by atoms with E-state index in [0.717, 1.165) is 66.9 Å². The lowest BCUT2D eigenvalue weighted by Gasteiger charge is -2.35. The highest BCUT2D eigenvalue weighted by Crippen LogP contribution is 2.34. The molecule has 5 nitrogen and oxygen atoms in total. The zero-order valence-electron chi connectivity index (χ0n) is 17.5. The Bertz CT molecular complexity index is 1030. The first-order valence-corrected chi connectivity index (χ1v) is 11.1. The number of fused-ring (bicyclic) bond motifs is 1. The first-order valence-electron chi connectivity index (χ1n) is 10.8. The second kappa shape index (κ2) is 9.00. The van der Waals surface area contributed by atoms with Crippen LogP contribution in [0.5, 0.6) is 0 Å². The molecule has 0 unspecified atom stereocenters. The van der Waals surface area contributed by atoms with Gasteiger partial charge in [-0.25, -0.2) is 0 Å². The molecule has 6 heteroatoms. The Morgan fingerprint density at radius 3 is 2.17 bits per heavy atom. The van der Waals surface area contributed by atoms with Crippen molar-refractivity contribution >= 4 is 34.1 Å². The maximum atomic E-state index is 12.3. The number of carbonyl (C=O) groups is 1.